The predicted octanol–water partition coefficient (Wildman–Crippen LogP) is 4.16. The number of anilines is 1. The number of carbonyl (C=O) groups excluding carboxylic acids is 1. The zero-order chi connectivity index (χ0) is 17.6. The van der Waals surface area contributed by atoms with Gasteiger partial charge in [0, 0.05) is 36.8 Å². The van der Waals surface area contributed by atoms with Crippen molar-refractivity contribution < 1.29 is 4.79 Å². The van der Waals surface area contributed by atoms with Crippen LogP contribution in [0.1, 0.15) is 43.7 Å². The minimum Gasteiger partial charge on any atom is -0.324 e. The Morgan fingerprint density at radius 3 is 2.96 bits per heavy atom. The van der Waals surface area contributed by atoms with E-state index in [4.69, 9.17) is 11.6 Å². The molecule has 1 aromatic carbocycles. The van der Waals surface area contributed by atoms with Gasteiger partial charge in [-0.3, -0.25) is 10.00 Å². The van der Waals surface area contributed by atoms with Crippen molar-refractivity contribution in [3.63, 3.8) is 0 Å². The molecule has 2 aliphatic rings. The van der Waals surface area contributed by atoms with Gasteiger partial charge in [-0.2, -0.15) is 5.10 Å². The Bertz CT molecular complexity index is 787. The summed E-state index contributed by atoms with van der Waals surface area (Å²) in [6, 6.07) is 6.00. The monoisotopic (exact) mass is 358 g/mol. The van der Waals surface area contributed by atoms with Gasteiger partial charge in [0.25, 0.3) is 0 Å². The second-order valence-corrected chi connectivity index (χ2v) is 8.13. The minimum atomic E-state index is 0.0566. The maximum Gasteiger partial charge on any atom is 0.324 e. The summed E-state index contributed by atoms with van der Waals surface area (Å²) >= 11 is 6.23. The van der Waals surface area contributed by atoms with Gasteiger partial charge in [0.15, 0.2) is 0 Å². The Hall–Kier alpha value is -2.01. The summed E-state index contributed by atoms with van der Waals surface area (Å²) in [5.74, 6) is 0.364. The molecule has 6 heteroatoms. The molecule has 5 nitrogen and oxygen atoms in total. The number of fused-ring (bicyclic) bond motifs is 1. The van der Waals surface area contributed by atoms with Crippen molar-refractivity contribution in [2.75, 3.05) is 24.5 Å². The lowest BCUT2D eigenvalue weighted by Crippen LogP contribution is -2.47. The molecule has 0 radical (unpaired) electrons. The van der Waals surface area contributed by atoms with Crippen molar-refractivity contribution in [3.05, 3.63) is 46.7 Å². The van der Waals surface area contributed by atoms with Gasteiger partial charge in [-0.05, 0) is 41.5 Å². The van der Waals surface area contributed by atoms with Crippen molar-refractivity contribution in [2.45, 2.75) is 38.0 Å². The Labute approximate surface area is 153 Å². The van der Waals surface area contributed by atoms with Crippen molar-refractivity contribution in [3.8, 4) is 0 Å². The molecule has 2 aromatic rings. The van der Waals surface area contributed by atoms with Gasteiger partial charge in [0.2, 0.25) is 0 Å². The first-order chi connectivity index (χ1) is 12.0. The van der Waals surface area contributed by atoms with Crippen molar-refractivity contribution in [2.24, 2.45) is 0 Å². The van der Waals surface area contributed by atoms with Crippen LogP contribution < -0.4 is 4.90 Å². The molecule has 25 heavy (non-hydrogen) atoms. The van der Waals surface area contributed by atoms with Crippen molar-refractivity contribution in [1.82, 2.24) is 15.1 Å². The highest BCUT2D eigenvalue weighted by Gasteiger charge is 2.37. The van der Waals surface area contributed by atoms with Gasteiger partial charge < -0.3 is 4.90 Å². The number of hydrogen-bond acceptors (Lipinski definition) is 2. The third kappa shape index (κ3) is 2.91. The van der Waals surface area contributed by atoms with Crippen LogP contribution in [-0.2, 0) is 5.41 Å². The number of aromatic nitrogens is 2. The third-order valence-corrected chi connectivity index (χ3v) is 5.86. The van der Waals surface area contributed by atoms with E-state index >= 15 is 0 Å². The Morgan fingerprint density at radius 2 is 2.20 bits per heavy atom. The minimum absolute atomic E-state index is 0.0566. The highest BCUT2D eigenvalue weighted by Crippen LogP contribution is 2.41. The Kier molecular flexibility index (Phi) is 3.99. The van der Waals surface area contributed by atoms with E-state index in [2.05, 4.69) is 30.1 Å². The smallest absolute Gasteiger partial charge is 0.324 e. The molecule has 132 valence electrons. The highest BCUT2D eigenvalue weighted by molar-refractivity contribution is 6.31. The summed E-state index contributed by atoms with van der Waals surface area (Å²) in [6.45, 7) is 6.71. The van der Waals surface area contributed by atoms with Crippen molar-refractivity contribution in [1.29, 1.82) is 0 Å². The molecule has 1 saturated heterocycles. The van der Waals surface area contributed by atoms with Gasteiger partial charge in [-0.1, -0.05) is 31.5 Å². The fraction of sp³-hybridized carbons (Fsp3) is 0.474. The number of carbonyl (C=O) groups is 1. The summed E-state index contributed by atoms with van der Waals surface area (Å²) in [5, 5.41) is 7.57. The van der Waals surface area contributed by atoms with E-state index in [-0.39, 0.29) is 11.4 Å². The SMILES string of the molecule is CC1(C)CCN(C(=O)N2CCC(c3cn[nH]c3)C2)c2cc(Cl)ccc21. The van der Waals surface area contributed by atoms with Gasteiger partial charge in [-0.25, -0.2) is 4.79 Å². The molecule has 3 heterocycles. The normalized spacial score (nSPS) is 22.1. The zero-order valence-electron chi connectivity index (χ0n) is 14.6. The molecule has 1 atom stereocenters. The molecule has 1 aromatic heterocycles. The number of nitrogens with one attached hydrogen (secondary N) is 1. The van der Waals surface area contributed by atoms with Crippen LogP contribution >= 0.6 is 11.6 Å². The number of H-pyrrole nitrogens is 1. The number of halogens is 1. The Balaban J connectivity index is 1.58. The van der Waals surface area contributed by atoms with E-state index in [1.165, 1.54) is 11.1 Å². The second kappa shape index (κ2) is 6.06. The van der Waals surface area contributed by atoms with E-state index in [1.54, 1.807) is 0 Å². The molecule has 0 saturated carbocycles. The van der Waals surface area contributed by atoms with Crippen LogP contribution in [-0.4, -0.2) is 40.8 Å². The lowest BCUT2D eigenvalue weighted by atomic mass is 9.78. The van der Waals surface area contributed by atoms with Crippen LogP contribution in [0.25, 0.3) is 0 Å². The van der Waals surface area contributed by atoms with Crippen LogP contribution in [0.2, 0.25) is 5.02 Å². The van der Waals surface area contributed by atoms with Crippen LogP contribution in [0, 0.1) is 0 Å². The largest absolute Gasteiger partial charge is 0.324 e. The molecule has 2 aliphatic heterocycles. The number of aromatic amines is 1. The van der Waals surface area contributed by atoms with E-state index in [1.807, 2.05) is 34.3 Å². The maximum atomic E-state index is 13.2. The quantitative estimate of drug-likeness (QED) is 0.832. The summed E-state index contributed by atoms with van der Waals surface area (Å²) in [4.78, 5) is 17.1. The predicted molar refractivity (Wildman–Crippen MR) is 99.4 cm³/mol. The van der Waals surface area contributed by atoms with Crippen LogP contribution in [0.3, 0.4) is 0 Å². The van der Waals surface area contributed by atoms with E-state index in [9.17, 15) is 4.79 Å². The fourth-order valence-corrected chi connectivity index (χ4v) is 4.17. The zero-order valence-corrected chi connectivity index (χ0v) is 15.4. The number of rotatable bonds is 1. The molecule has 1 fully saturated rings. The number of nitrogens with zero attached hydrogens (tertiary/aromatic N) is 3. The first-order valence-electron chi connectivity index (χ1n) is 8.81. The fourth-order valence-electron chi connectivity index (χ4n) is 4.01. The molecule has 0 spiro atoms. The average molecular weight is 359 g/mol. The summed E-state index contributed by atoms with van der Waals surface area (Å²) in [6.07, 6.45) is 5.72. The standard InChI is InChI=1S/C19H23ClN4O/c1-19(2)6-8-24(17-9-15(20)3-4-16(17)19)18(25)23-7-5-13(12-23)14-10-21-22-11-14/h3-4,9-11,13H,5-8,12H2,1-2H3,(H,21,22). The topological polar surface area (TPSA) is 52.2 Å². The molecule has 0 bridgehead atoms. The molecule has 4 rings (SSSR count). The lowest BCUT2D eigenvalue weighted by molar-refractivity contribution is 0.213. The Morgan fingerprint density at radius 1 is 1.36 bits per heavy atom. The van der Waals surface area contributed by atoms with Crippen LogP contribution in [0.4, 0.5) is 10.5 Å². The van der Waals surface area contributed by atoms with Crippen LogP contribution in [0.15, 0.2) is 30.6 Å². The maximum absolute atomic E-state index is 13.2. The van der Waals surface area contributed by atoms with Gasteiger partial charge in [-0.15, -0.1) is 0 Å². The summed E-state index contributed by atoms with van der Waals surface area (Å²) < 4.78 is 0. The molecule has 2 amide bonds. The molecular weight excluding hydrogens is 336 g/mol. The highest BCUT2D eigenvalue weighted by atomic mass is 35.5. The van der Waals surface area contributed by atoms with Crippen molar-refractivity contribution >= 4 is 23.3 Å². The van der Waals surface area contributed by atoms with E-state index < -0.39 is 0 Å². The number of likely N-dealkylation sites (tertiary alicyclic amines) is 1. The van der Waals surface area contributed by atoms with Gasteiger partial charge >= 0.3 is 6.03 Å². The molecule has 1 N–H and O–H groups in total. The van der Waals surface area contributed by atoms with Crippen LogP contribution in [0.5, 0.6) is 0 Å². The van der Waals surface area contributed by atoms with Gasteiger partial charge in [0.1, 0.15) is 0 Å². The summed E-state index contributed by atoms with van der Waals surface area (Å²) in [7, 11) is 0. The first-order valence-corrected chi connectivity index (χ1v) is 9.19. The number of benzene rings is 1. The lowest BCUT2D eigenvalue weighted by Gasteiger charge is -2.40. The average Bonchev–Trinajstić information content (AvgIpc) is 3.25. The first kappa shape index (κ1) is 16.5. The van der Waals surface area contributed by atoms with E-state index in [0.717, 1.165) is 38.2 Å². The molecular formula is C19H23ClN4O. The third-order valence-electron chi connectivity index (χ3n) is 5.62. The molecule has 0 aliphatic carbocycles. The van der Waals surface area contributed by atoms with Gasteiger partial charge in [0.05, 0.1) is 11.9 Å². The van der Waals surface area contributed by atoms with E-state index in [0.29, 0.717) is 10.9 Å². The summed E-state index contributed by atoms with van der Waals surface area (Å²) in [5.41, 5.74) is 3.39. The second-order valence-electron chi connectivity index (χ2n) is 7.69. The number of amides is 2. The molecule has 1 unspecified atom stereocenters. The number of urea groups is 1. The number of hydrogen-bond donors (Lipinski definition) is 1.